The van der Waals surface area contributed by atoms with Gasteiger partial charge in [-0.25, -0.2) is 0 Å². The van der Waals surface area contributed by atoms with Crippen molar-refractivity contribution >= 4 is 0 Å². The van der Waals surface area contributed by atoms with E-state index in [9.17, 15) is 5.11 Å². The fraction of sp³-hybridized carbons (Fsp3) is 0.571. The van der Waals surface area contributed by atoms with Gasteiger partial charge in [-0.2, -0.15) is 0 Å². The average molecular weight is 206 g/mol. The van der Waals surface area contributed by atoms with Crippen molar-refractivity contribution in [1.82, 2.24) is 0 Å². The molecule has 0 fully saturated rings. The second kappa shape index (κ2) is 4.80. The van der Waals surface area contributed by atoms with Crippen LogP contribution in [-0.4, -0.2) is 5.11 Å². The lowest BCUT2D eigenvalue weighted by Crippen LogP contribution is -2.24. The number of aryl methyl sites for hydroxylation is 1. The second-order valence-corrected chi connectivity index (χ2v) is 4.86. The highest BCUT2D eigenvalue weighted by atomic mass is 16.3. The van der Waals surface area contributed by atoms with Crippen molar-refractivity contribution < 1.29 is 5.11 Å². The molecule has 1 N–H and O–H groups in total. The van der Waals surface area contributed by atoms with Crippen LogP contribution >= 0.6 is 0 Å². The highest BCUT2D eigenvalue weighted by Crippen LogP contribution is 2.29. The van der Waals surface area contributed by atoms with Gasteiger partial charge in [-0.1, -0.05) is 50.1 Å². The molecule has 0 heterocycles. The van der Waals surface area contributed by atoms with Gasteiger partial charge in [0, 0.05) is 0 Å². The summed E-state index contributed by atoms with van der Waals surface area (Å²) in [4.78, 5) is 0. The van der Waals surface area contributed by atoms with Crippen LogP contribution in [0.1, 0.15) is 44.7 Å². The van der Waals surface area contributed by atoms with Gasteiger partial charge in [0.25, 0.3) is 0 Å². The molecule has 1 rings (SSSR count). The topological polar surface area (TPSA) is 20.2 Å². The van der Waals surface area contributed by atoms with E-state index in [2.05, 4.69) is 32.9 Å². The Kier molecular flexibility index (Phi) is 3.92. The Hall–Kier alpha value is -0.820. The van der Waals surface area contributed by atoms with Crippen molar-refractivity contribution in [2.45, 2.75) is 46.1 Å². The normalized spacial score (nSPS) is 17.1. The maximum Gasteiger partial charge on any atom is 0.0871 e. The van der Waals surface area contributed by atoms with Crippen molar-refractivity contribution in [1.29, 1.82) is 0 Å². The van der Waals surface area contributed by atoms with Crippen molar-refractivity contribution in [2.24, 2.45) is 5.92 Å². The molecule has 0 aliphatic heterocycles. The number of hydrogen-bond acceptors (Lipinski definition) is 1. The average Bonchev–Trinajstić information content (AvgIpc) is 2.17. The third kappa shape index (κ3) is 3.35. The molecule has 84 valence electrons. The highest BCUT2D eigenvalue weighted by Gasteiger charge is 2.24. The Morgan fingerprint density at radius 1 is 1.40 bits per heavy atom. The van der Waals surface area contributed by atoms with Crippen molar-refractivity contribution in [2.75, 3.05) is 0 Å². The predicted molar refractivity (Wildman–Crippen MR) is 64.8 cm³/mol. The first kappa shape index (κ1) is 12.3. The molecule has 0 saturated heterocycles. The Morgan fingerprint density at radius 3 is 2.60 bits per heavy atom. The van der Waals surface area contributed by atoms with Crippen LogP contribution in [-0.2, 0) is 5.60 Å². The van der Waals surface area contributed by atoms with E-state index in [1.165, 1.54) is 5.56 Å². The molecule has 0 spiro atoms. The van der Waals surface area contributed by atoms with Crippen LogP contribution in [0.5, 0.6) is 0 Å². The van der Waals surface area contributed by atoms with Crippen LogP contribution in [0.4, 0.5) is 0 Å². The van der Waals surface area contributed by atoms with Crippen molar-refractivity contribution in [3.63, 3.8) is 0 Å². The lowest BCUT2D eigenvalue weighted by atomic mass is 9.85. The van der Waals surface area contributed by atoms with Gasteiger partial charge in [-0.3, -0.25) is 0 Å². The summed E-state index contributed by atoms with van der Waals surface area (Å²) in [5.41, 5.74) is 1.54. The minimum Gasteiger partial charge on any atom is -0.385 e. The SMILES string of the molecule is CCC(C)CC(C)(O)c1cccc(C)c1. The summed E-state index contributed by atoms with van der Waals surface area (Å²) in [6, 6.07) is 8.15. The molecule has 0 radical (unpaired) electrons. The van der Waals surface area contributed by atoms with E-state index in [0.29, 0.717) is 5.92 Å². The van der Waals surface area contributed by atoms with Crippen LogP contribution in [0.3, 0.4) is 0 Å². The quantitative estimate of drug-likeness (QED) is 0.797. The van der Waals surface area contributed by atoms with E-state index in [-0.39, 0.29) is 0 Å². The van der Waals surface area contributed by atoms with Gasteiger partial charge in [-0.15, -0.1) is 0 Å². The standard InChI is InChI=1S/C14H22O/c1-5-11(2)10-14(4,15)13-8-6-7-12(3)9-13/h6-9,11,15H,5,10H2,1-4H3. The van der Waals surface area contributed by atoms with Crippen LogP contribution in [0.25, 0.3) is 0 Å². The minimum absolute atomic E-state index is 0.556. The second-order valence-electron chi connectivity index (χ2n) is 4.86. The minimum atomic E-state index is -0.693. The monoisotopic (exact) mass is 206 g/mol. The predicted octanol–water partition coefficient (Wildman–Crippen LogP) is 3.64. The maximum absolute atomic E-state index is 10.4. The maximum atomic E-state index is 10.4. The molecular formula is C14H22O. The van der Waals surface area contributed by atoms with Crippen LogP contribution in [0.15, 0.2) is 24.3 Å². The molecule has 1 heteroatoms. The zero-order valence-electron chi connectivity index (χ0n) is 10.2. The third-order valence-electron chi connectivity index (χ3n) is 3.08. The fourth-order valence-electron chi connectivity index (χ4n) is 1.92. The molecule has 0 aliphatic rings. The van der Waals surface area contributed by atoms with E-state index in [1.54, 1.807) is 0 Å². The molecular weight excluding hydrogens is 184 g/mol. The number of benzene rings is 1. The molecule has 1 aromatic carbocycles. The first-order chi connectivity index (χ1) is 6.95. The Bertz CT molecular complexity index is 315. The number of hydrogen-bond donors (Lipinski definition) is 1. The molecule has 0 amide bonds. The first-order valence-corrected chi connectivity index (χ1v) is 5.75. The summed E-state index contributed by atoms with van der Waals surface area (Å²) in [6.45, 7) is 8.32. The van der Waals surface area contributed by atoms with E-state index in [1.807, 2.05) is 19.1 Å². The van der Waals surface area contributed by atoms with Gasteiger partial charge >= 0.3 is 0 Å². The van der Waals surface area contributed by atoms with Crippen molar-refractivity contribution in [3.8, 4) is 0 Å². The number of aliphatic hydroxyl groups is 1. The molecule has 2 unspecified atom stereocenters. The van der Waals surface area contributed by atoms with Gasteiger partial charge in [0.15, 0.2) is 0 Å². The van der Waals surface area contributed by atoms with Crippen molar-refractivity contribution in [3.05, 3.63) is 35.4 Å². The Labute approximate surface area is 93.1 Å². The molecule has 1 nitrogen and oxygen atoms in total. The summed E-state index contributed by atoms with van der Waals surface area (Å²) < 4.78 is 0. The van der Waals surface area contributed by atoms with E-state index < -0.39 is 5.60 Å². The molecule has 15 heavy (non-hydrogen) atoms. The Morgan fingerprint density at radius 2 is 2.07 bits per heavy atom. The summed E-state index contributed by atoms with van der Waals surface area (Å²) >= 11 is 0. The number of rotatable bonds is 4. The molecule has 1 aromatic rings. The fourth-order valence-corrected chi connectivity index (χ4v) is 1.92. The van der Waals surface area contributed by atoms with E-state index >= 15 is 0 Å². The first-order valence-electron chi connectivity index (χ1n) is 5.75. The molecule has 2 atom stereocenters. The lowest BCUT2D eigenvalue weighted by Gasteiger charge is -2.27. The van der Waals surface area contributed by atoms with Crippen LogP contribution < -0.4 is 0 Å². The third-order valence-corrected chi connectivity index (χ3v) is 3.08. The summed E-state index contributed by atoms with van der Waals surface area (Å²) in [7, 11) is 0. The molecule has 0 aliphatic carbocycles. The summed E-state index contributed by atoms with van der Waals surface area (Å²) in [5.74, 6) is 0.556. The van der Waals surface area contributed by atoms with Crippen LogP contribution in [0.2, 0.25) is 0 Å². The van der Waals surface area contributed by atoms with Gasteiger partial charge < -0.3 is 5.11 Å². The lowest BCUT2D eigenvalue weighted by molar-refractivity contribution is 0.0318. The zero-order valence-corrected chi connectivity index (χ0v) is 10.2. The van der Waals surface area contributed by atoms with Gasteiger partial charge in [0.2, 0.25) is 0 Å². The van der Waals surface area contributed by atoms with Gasteiger partial charge in [-0.05, 0) is 31.7 Å². The largest absolute Gasteiger partial charge is 0.385 e. The Balaban J connectivity index is 2.85. The van der Waals surface area contributed by atoms with Crippen LogP contribution in [0, 0.1) is 12.8 Å². The zero-order chi connectivity index (χ0) is 11.5. The highest BCUT2D eigenvalue weighted by molar-refractivity contribution is 5.26. The molecule has 0 saturated carbocycles. The van der Waals surface area contributed by atoms with E-state index in [4.69, 9.17) is 0 Å². The van der Waals surface area contributed by atoms with Gasteiger partial charge in [0.05, 0.1) is 5.60 Å². The summed E-state index contributed by atoms with van der Waals surface area (Å²) in [5, 5.41) is 10.4. The van der Waals surface area contributed by atoms with Gasteiger partial charge in [0.1, 0.15) is 0 Å². The molecule has 0 bridgehead atoms. The molecule has 0 aromatic heterocycles. The summed E-state index contributed by atoms with van der Waals surface area (Å²) in [6.07, 6.45) is 1.94. The smallest absolute Gasteiger partial charge is 0.0871 e. The van der Waals surface area contributed by atoms with E-state index in [0.717, 1.165) is 18.4 Å².